The number of benzene rings is 2. The number of nitrogens with zero attached hydrogens (tertiary/aromatic N) is 2. The summed E-state index contributed by atoms with van der Waals surface area (Å²) in [5, 5.41) is 11.6. The predicted molar refractivity (Wildman–Crippen MR) is 120 cm³/mol. The van der Waals surface area contributed by atoms with Crippen molar-refractivity contribution in [3.8, 4) is 11.8 Å². The molecule has 4 rings (SSSR count). The Morgan fingerprint density at radius 3 is 2.83 bits per heavy atom. The number of aromatic nitrogens is 3. The van der Waals surface area contributed by atoms with Gasteiger partial charge in [-0.25, -0.2) is 0 Å². The van der Waals surface area contributed by atoms with Crippen LogP contribution in [0.5, 0.6) is 0 Å². The van der Waals surface area contributed by atoms with Crippen molar-refractivity contribution in [2.24, 2.45) is 0 Å². The first kappa shape index (κ1) is 20.0. The number of halogens is 2. The molecule has 0 aliphatic heterocycles. The molecular formula is C23H16Cl2N4O. The maximum atomic E-state index is 12.5. The second kappa shape index (κ2) is 8.58. The lowest BCUT2D eigenvalue weighted by atomic mass is 10.1. The van der Waals surface area contributed by atoms with E-state index in [1.54, 1.807) is 36.8 Å². The van der Waals surface area contributed by atoms with Gasteiger partial charge in [0.05, 0.1) is 28.5 Å². The first-order valence-electron chi connectivity index (χ1n) is 9.13. The Kier molecular flexibility index (Phi) is 5.71. The highest BCUT2D eigenvalue weighted by Gasteiger charge is 2.11. The highest BCUT2D eigenvalue weighted by molar-refractivity contribution is 6.37. The number of nitrogens with one attached hydrogen (secondary N) is 2. The smallest absolute Gasteiger partial charge is 0.257 e. The monoisotopic (exact) mass is 434 g/mol. The van der Waals surface area contributed by atoms with Crippen LogP contribution in [0.15, 0.2) is 55.0 Å². The molecule has 2 N–H and O–H groups in total. The summed E-state index contributed by atoms with van der Waals surface area (Å²) in [5.74, 6) is 6.07. The topological polar surface area (TPSA) is 70.7 Å². The fraction of sp³-hybridized carbons (Fsp3) is 0.0870. The number of amides is 1. The minimum atomic E-state index is -0.308. The van der Waals surface area contributed by atoms with E-state index < -0.39 is 0 Å². The number of carbonyl (C=O) groups is 1. The van der Waals surface area contributed by atoms with Gasteiger partial charge >= 0.3 is 0 Å². The quantitative estimate of drug-likeness (QED) is 0.422. The maximum Gasteiger partial charge on any atom is 0.257 e. The molecule has 0 radical (unpaired) electrons. The van der Waals surface area contributed by atoms with Crippen LogP contribution in [0.3, 0.4) is 0 Å². The van der Waals surface area contributed by atoms with Gasteiger partial charge in [-0.15, -0.1) is 0 Å². The third-order valence-electron chi connectivity index (χ3n) is 4.62. The Labute approximate surface area is 183 Å². The van der Waals surface area contributed by atoms with Gasteiger partial charge in [-0.2, -0.15) is 5.10 Å². The van der Waals surface area contributed by atoms with Gasteiger partial charge in [0, 0.05) is 34.3 Å². The Morgan fingerprint density at radius 1 is 1.13 bits per heavy atom. The number of carbonyl (C=O) groups excluding carboxylic acids is 1. The molecule has 0 spiro atoms. The average Bonchev–Trinajstić information content (AvgIpc) is 3.20. The van der Waals surface area contributed by atoms with Gasteiger partial charge < -0.3 is 5.32 Å². The molecule has 4 aromatic rings. The molecule has 0 bridgehead atoms. The first-order chi connectivity index (χ1) is 14.5. The summed E-state index contributed by atoms with van der Waals surface area (Å²) in [7, 11) is 0. The van der Waals surface area contributed by atoms with Crippen molar-refractivity contribution in [2.45, 2.75) is 13.3 Å². The second-order valence-corrected chi connectivity index (χ2v) is 7.56. The van der Waals surface area contributed by atoms with Crippen LogP contribution in [0, 0.1) is 18.8 Å². The van der Waals surface area contributed by atoms with Crippen molar-refractivity contribution < 1.29 is 4.79 Å². The fourth-order valence-electron chi connectivity index (χ4n) is 3.00. The molecule has 2 aromatic heterocycles. The molecule has 0 fully saturated rings. The van der Waals surface area contributed by atoms with Crippen LogP contribution in [0.1, 0.15) is 27.0 Å². The van der Waals surface area contributed by atoms with E-state index in [1.807, 2.05) is 25.1 Å². The van der Waals surface area contributed by atoms with Crippen molar-refractivity contribution in [1.82, 2.24) is 15.2 Å². The second-order valence-electron chi connectivity index (χ2n) is 6.72. The third kappa shape index (κ3) is 4.30. The number of hydrogen-bond donors (Lipinski definition) is 2. The van der Waals surface area contributed by atoms with Gasteiger partial charge in [0.1, 0.15) is 0 Å². The summed E-state index contributed by atoms with van der Waals surface area (Å²) in [5.41, 5.74) is 4.74. The molecule has 0 atom stereocenters. The summed E-state index contributed by atoms with van der Waals surface area (Å²) >= 11 is 12.0. The van der Waals surface area contributed by atoms with Crippen LogP contribution in [0.4, 0.5) is 5.69 Å². The molecule has 30 heavy (non-hydrogen) atoms. The minimum Gasteiger partial charge on any atom is -0.322 e. The van der Waals surface area contributed by atoms with Gasteiger partial charge in [0.2, 0.25) is 0 Å². The van der Waals surface area contributed by atoms with Crippen molar-refractivity contribution in [2.75, 3.05) is 5.32 Å². The number of pyridine rings is 1. The molecule has 7 heteroatoms. The Morgan fingerprint density at radius 2 is 2.00 bits per heavy atom. The molecule has 0 unspecified atom stereocenters. The number of rotatable bonds is 3. The summed E-state index contributed by atoms with van der Waals surface area (Å²) in [4.78, 5) is 16.8. The van der Waals surface area contributed by atoms with Crippen molar-refractivity contribution >= 4 is 45.7 Å². The van der Waals surface area contributed by atoms with Crippen molar-refractivity contribution in [3.63, 3.8) is 0 Å². The molecule has 0 aliphatic rings. The number of fused-ring (bicyclic) bond motifs is 1. The Hall–Kier alpha value is -3.33. The van der Waals surface area contributed by atoms with Gasteiger partial charge in [0.15, 0.2) is 0 Å². The molecular weight excluding hydrogens is 419 g/mol. The largest absolute Gasteiger partial charge is 0.322 e. The first-order valence-corrected chi connectivity index (χ1v) is 9.89. The summed E-state index contributed by atoms with van der Waals surface area (Å²) in [6.45, 7) is 1.98. The van der Waals surface area contributed by atoms with Gasteiger partial charge in [-0.3, -0.25) is 14.9 Å². The predicted octanol–water partition coefficient (Wildman–Crippen LogP) is 5.42. The molecule has 0 saturated carbocycles. The van der Waals surface area contributed by atoms with E-state index in [4.69, 9.17) is 23.2 Å². The van der Waals surface area contributed by atoms with Crippen LogP contribution >= 0.6 is 23.2 Å². The van der Waals surface area contributed by atoms with Crippen molar-refractivity contribution in [1.29, 1.82) is 0 Å². The number of anilines is 1. The van der Waals surface area contributed by atoms with E-state index in [2.05, 4.69) is 32.3 Å². The molecule has 2 heterocycles. The van der Waals surface area contributed by atoms with Crippen LogP contribution < -0.4 is 5.32 Å². The van der Waals surface area contributed by atoms with E-state index in [0.29, 0.717) is 27.7 Å². The van der Waals surface area contributed by atoms with Crippen LogP contribution in [-0.2, 0) is 6.42 Å². The van der Waals surface area contributed by atoms with Crippen LogP contribution in [0.25, 0.3) is 10.9 Å². The SMILES string of the molecule is Cc1ccc(NC(=O)c2ccc(Cl)cc2Cl)cc1C#CCc1cncc2[nH]ncc12. The van der Waals surface area contributed by atoms with E-state index in [1.165, 1.54) is 0 Å². The van der Waals surface area contributed by atoms with Crippen LogP contribution in [-0.4, -0.2) is 21.1 Å². The Bertz CT molecular complexity index is 1320. The zero-order valence-corrected chi connectivity index (χ0v) is 17.5. The van der Waals surface area contributed by atoms with Gasteiger partial charge in [-0.1, -0.05) is 41.1 Å². The zero-order chi connectivity index (χ0) is 21.1. The molecule has 2 aromatic carbocycles. The highest BCUT2D eigenvalue weighted by Crippen LogP contribution is 2.23. The zero-order valence-electron chi connectivity index (χ0n) is 16.0. The number of H-pyrrole nitrogens is 1. The average molecular weight is 435 g/mol. The van der Waals surface area contributed by atoms with E-state index in [0.717, 1.165) is 27.6 Å². The lowest BCUT2D eigenvalue weighted by Gasteiger charge is -2.08. The molecule has 1 amide bonds. The summed E-state index contributed by atoms with van der Waals surface area (Å²) in [6.07, 6.45) is 5.85. The standard InChI is InChI=1S/C23H16Cl2N4O/c1-14-5-7-18(28-23(30)19-8-6-17(24)10-21(19)25)9-15(14)3-2-4-16-11-26-13-22-20(16)12-27-29-22/h5-13H,4H2,1H3,(H,27,29)(H,28,30). The molecule has 148 valence electrons. The number of hydrogen-bond acceptors (Lipinski definition) is 3. The lowest BCUT2D eigenvalue weighted by Crippen LogP contribution is -2.12. The number of aryl methyl sites for hydroxylation is 1. The Balaban J connectivity index is 1.53. The summed E-state index contributed by atoms with van der Waals surface area (Å²) < 4.78 is 0. The van der Waals surface area contributed by atoms with Gasteiger partial charge in [-0.05, 0) is 48.4 Å². The van der Waals surface area contributed by atoms with E-state index in [-0.39, 0.29) is 5.91 Å². The normalized spacial score (nSPS) is 10.5. The highest BCUT2D eigenvalue weighted by atomic mass is 35.5. The minimum absolute atomic E-state index is 0.300. The molecule has 0 saturated heterocycles. The fourth-order valence-corrected chi connectivity index (χ4v) is 3.50. The lowest BCUT2D eigenvalue weighted by molar-refractivity contribution is 0.102. The maximum absolute atomic E-state index is 12.5. The van der Waals surface area contributed by atoms with Crippen molar-refractivity contribution in [3.05, 3.63) is 87.3 Å². The number of aromatic amines is 1. The van der Waals surface area contributed by atoms with Crippen LogP contribution in [0.2, 0.25) is 10.0 Å². The van der Waals surface area contributed by atoms with Gasteiger partial charge in [0.25, 0.3) is 5.91 Å². The molecule has 0 aliphatic carbocycles. The van der Waals surface area contributed by atoms with E-state index in [9.17, 15) is 4.79 Å². The third-order valence-corrected chi connectivity index (χ3v) is 5.17. The summed E-state index contributed by atoms with van der Waals surface area (Å²) in [6, 6.07) is 10.4. The molecule has 5 nitrogen and oxygen atoms in total. The van der Waals surface area contributed by atoms with E-state index >= 15 is 0 Å².